The fraction of sp³-hybridized carbons (Fsp3) is 0.857. The van der Waals surface area contributed by atoms with Crippen molar-refractivity contribution in [1.29, 1.82) is 0 Å². The maximum Gasteiger partial charge on any atom is 0.243 e. The smallest absolute Gasteiger partial charge is 0.243 e. The van der Waals surface area contributed by atoms with Crippen LogP contribution in [-0.2, 0) is 0 Å². The van der Waals surface area contributed by atoms with Crippen molar-refractivity contribution in [2.45, 2.75) is 37.8 Å². The van der Waals surface area contributed by atoms with Crippen molar-refractivity contribution in [3.63, 3.8) is 0 Å². The van der Waals surface area contributed by atoms with Gasteiger partial charge in [0.1, 0.15) is 0 Å². The maximum atomic E-state index is 5.53. The number of hydrogen-bond acceptors (Lipinski definition) is 6. The van der Waals surface area contributed by atoms with Crippen LogP contribution in [0, 0.1) is 0 Å². The Kier molecular flexibility index (Phi) is 4.33. The Bertz CT molecular complexity index is 427. The van der Waals surface area contributed by atoms with Gasteiger partial charge in [-0.2, -0.15) is 4.98 Å². The van der Waals surface area contributed by atoms with Gasteiger partial charge in [-0.1, -0.05) is 18.0 Å². The first-order valence-corrected chi connectivity index (χ1v) is 7.69. The van der Waals surface area contributed by atoms with E-state index in [1.165, 1.54) is 19.3 Å². The highest BCUT2D eigenvalue weighted by molar-refractivity contribution is 5.00. The van der Waals surface area contributed by atoms with Crippen molar-refractivity contribution in [1.82, 2.24) is 25.3 Å². The van der Waals surface area contributed by atoms with E-state index in [9.17, 15) is 0 Å². The van der Waals surface area contributed by atoms with Gasteiger partial charge in [-0.3, -0.25) is 4.90 Å². The Morgan fingerprint density at radius 1 is 1.20 bits per heavy atom. The summed E-state index contributed by atoms with van der Waals surface area (Å²) < 4.78 is 5.53. The van der Waals surface area contributed by atoms with Gasteiger partial charge >= 0.3 is 0 Å². The predicted octanol–water partition coefficient (Wildman–Crippen LogP) is 1.19. The summed E-state index contributed by atoms with van der Waals surface area (Å²) >= 11 is 0. The van der Waals surface area contributed by atoms with Crippen LogP contribution in [-0.4, -0.2) is 60.2 Å². The van der Waals surface area contributed by atoms with Gasteiger partial charge < -0.3 is 14.7 Å². The summed E-state index contributed by atoms with van der Waals surface area (Å²) in [5.74, 6) is 1.60. The molecule has 0 saturated carbocycles. The summed E-state index contributed by atoms with van der Waals surface area (Å²) in [6.07, 6.45) is 4.87. The number of nitrogens with zero attached hydrogens (tertiary/aromatic N) is 4. The molecule has 2 aliphatic heterocycles. The van der Waals surface area contributed by atoms with Crippen LogP contribution in [0.3, 0.4) is 0 Å². The highest BCUT2D eigenvalue weighted by Gasteiger charge is 2.29. The minimum absolute atomic E-state index is 0.241. The van der Waals surface area contributed by atoms with Gasteiger partial charge in [-0.15, -0.1) is 0 Å². The topological polar surface area (TPSA) is 57.4 Å². The molecule has 0 bridgehead atoms. The minimum atomic E-state index is 0.241. The number of aromatic nitrogens is 2. The SMILES string of the molecule is CN1CCN(C)C(c2noc(C3CCCCCN3)n2)C1. The molecule has 0 radical (unpaired) electrons. The molecule has 2 aliphatic rings. The van der Waals surface area contributed by atoms with E-state index in [0.717, 1.165) is 44.3 Å². The van der Waals surface area contributed by atoms with Crippen LogP contribution in [0.4, 0.5) is 0 Å². The third-order valence-corrected chi connectivity index (χ3v) is 4.46. The van der Waals surface area contributed by atoms with Crippen molar-refractivity contribution in [2.75, 3.05) is 40.3 Å². The molecule has 3 heterocycles. The monoisotopic (exact) mass is 279 g/mol. The Morgan fingerprint density at radius 2 is 2.10 bits per heavy atom. The lowest BCUT2D eigenvalue weighted by Gasteiger charge is -2.35. The zero-order chi connectivity index (χ0) is 13.9. The molecule has 2 unspecified atom stereocenters. The van der Waals surface area contributed by atoms with Crippen LogP contribution in [0.1, 0.15) is 49.5 Å². The summed E-state index contributed by atoms with van der Waals surface area (Å²) in [4.78, 5) is 9.31. The van der Waals surface area contributed by atoms with Gasteiger partial charge in [0.15, 0.2) is 5.82 Å². The molecule has 3 rings (SSSR count). The number of hydrogen-bond donors (Lipinski definition) is 1. The van der Waals surface area contributed by atoms with E-state index in [1.807, 2.05) is 0 Å². The second-order valence-corrected chi connectivity index (χ2v) is 6.11. The lowest BCUT2D eigenvalue weighted by Crippen LogP contribution is -2.45. The fourth-order valence-corrected chi connectivity index (χ4v) is 3.05. The van der Waals surface area contributed by atoms with E-state index in [0.29, 0.717) is 0 Å². The van der Waals surface area contributed by atoms with Crippen molar-refractivity contribution < 1.29 is 4.52 Å². The van der Waals surface area contributed by atoms with Crippen molar-refractivity contribution in [3.8, 4) is 0 Å². The molecule has 6 nitrogen and oxygen atoms in total. The van der Waals surface area contributed by atoms with Crippen LogP contribution in [0.25, 0.3) is 0 Å². The molecule has 0 spiro atoms. The van der Waals surface area contributed by atoms with Gasteiger partial charge in [-0.05, 0) is 33.5 Å². The minimum Gasteiger partial charge on any atom is -0.338 e. The third kappa shape index (κ3) is 3.02. The fourth-order valence-electron chi connectivity index (χ4n) is 3.05. The van der Waals surface area contributed by atoms with Crippen LogP contribution in [0.2, 0.25) is 0 Å². The molecule has 1 aromatic rings. The molecule has 2 fully saturated rings. The molecule has 1 N–H and O–H groups in total. The largest absolute Gasteiger partial charge is 0.338 e. The lowest BCUT2D eigenvalue weighted by atomic mass is 10.1. The molecular weight excluding hydrogens is 254 g/mol. The summed E-state index contributed by atoms with van der Waals surface area (Å²) in [5, 5.41) is 7.75. The first-order valence-electron chi connectivity index (χ1n) is 7.69. The van der Waals surface area contributed by atoms with E-state index in [1.54, 1.807) is 0 Å². The standard InChI is InChI=1S/C14H25N5O/c1-18-8-9-19(2)12(10-18)13-16-14(20-17-13)11-6-4-3-5-7-15-11/h11-12,15H,3-10H2,1-2H3. The van der Waals surface area contributed by atoms with E-state index in [4.69, 9.17) is 4.52 Å². The average Bonchev–Trinajstić information content (AvgIpc) is 2.77. The second-order valence-electron chi connectivity index (χ2n) is 6.11. The van der Waals surface area contributed by atoms with Gasteiger partial charge in [-0.25, -0.2) is 0 Å². The first-order chi connectivity index (χ1) is 9.74. The molecule has 6 heteroatoms. The second kappa shape index (κ2) is 6.20. The van der Waals surface area contributed by atoms with Crippen LogP contribution >= 0.6 is 0 Å². The number of likely N-dealkylation sites (N-methyl/N-ethyl adjacent to an activating group) is 2. The van der Waals surface area contributed by atoms with E-state index < -0.39 is 0 Å². The molecule has 20 heavy (non-hydrogen) atoms. The van der Waals surface area contributed by atoms with Crippen molar-refractivity contribution in [3.05, 3.63) is 11.7 Å². The summed E-state index contributed by atoms with van der Waals surface area (Å²) in [6.45, 7) is 4.16. The van der Waals surface area contributed by atoms with Crippen molar-refractivity contribution in [2.24, 2.45) is 0 Å². The Morgan fingerprint density at radius 3 is 3.00 bits per heavy atom. The number of piperazine rings is 1. The van der Waals surface area contributed by atoms with Crippen LogP contribution in [0.5, 0.6) is 0 Å². The Hall–Kier alpha value is -0.980. The highest BCUT2D eigenvalue weighted by Crippen LogP contribution is 2.25. The summed E-state index contributed by atoms with van der Waals surface area (Å²) in [6, 6.07) is 0.488. The number of nitrogens with one attached hydrogen (secondary N) is 1. The van der Waals surface area contributed by atoms with Gasteiger partial charge in [0.25, 0.3) is 0 Å². The molecule has 0 aromatic carbocycles. The summed E-state index contributed by atoms with van der Waals surface area (Å²) in [5.41, 5.74) is 0. The molecule has 2 saturated heterocycles. The molecule has 1 aromatic heterocycles. The molecular formula is C14H25N5O. The predicted molar refractivity (Wildman–Crippen MR) is 76.4 cm³/mol. The Balaban J connectivity index is 1.72. The van der Waals surface area contributed by atoms with Crippen LogP contribution < -0.4 is 5.32 Å². The zero-order valence-electron chi connectivity index (χ0n) is 12.5. The molecule has 0 aliphatic carbocycles. The van der Waals surface area contributed by atoms with Gasteiger partial charge in [0.2, 0.25) is 5.89 Å². The lowest BCUT2D eigenvalue weighted by molar-refractivity contribution is 0.108. The van der Waals surface area contributed by atoms with Gasteiger partial charge in [0, 0.05) is 19.6 Å². The van der Waals surface area contributed by atoms with E-state index >= 15 is 0 Å². The van der Waals surface area contributed by atoms with Gasteiger partial charge in [0.05, 0.1) is 12.1 Å². The molecule has 0 amide bonds. The Labute approximate surface area is 120 Å². The maximum absolute atomic E-state index is 5.53. The van der Waals surface area contributed by atoms with Crippen LogP contribution in [0.15, 0.2) is 4.52 Å². The molecule has 2 atom stereocenters. The third-order valence-electron chi connectivity index (χ3n) is 4.46. The van der Waals surface area contributed by atoms with Crippen molar-refractivity contribution >= 4 is 0 Å². The molecule has 112 valence electrons. The van der Waals surface area contributed by atoms with E-state index in [2.05, 4.69) is 39.4 Å². The normalized spacial score (nSPS) is 30.3. The average molecular weight is 279 g/mol. The zero-order valence-corrected chi connectivity index (χ0v) is 12.5. The number of rotatable bonds is 2. The first kappa shape index (κ1) is 14.0. The highest BCUT2D eigenvalue weighted by atomic mass is 16.5. The van der Waals surface area contributed by atoms with E-state index in [-0.39, 0.29) is 12.1 Å². The summed E-state index contributed by atoms with van der Waals surface area (Å²) in [7, 11) is 4.28. The quantitative estimate of drug-likeness (QED) is 0.877.